The van der Waals surface area contributed by atoms with Gasteiger partial charge in [-0.15, -0.1) is 0 Å². The van der Waals surface area contributed by atoms with Crippen molar-refractivity contribution in [2.75, 3.05) is 26.3 Å². The van der Waals surface area contributed by atoms with Crippen LogP contribution in [0.25, 0.3) is 0 Å². The monoisotopic (exact) mass is 380 g/mol. The minimum Gasteiger partial charge on any atom is -0.490 e. The molecule has 1 saturated heterocycles. The van der Waals surface area contributed by atoms with E-state index in [0.717, 1.165) is 5.56 Å². The molecule has 0 aliphatic carbocycles. The van der Waals surface area contributed by atoms with Gasteiger partial charge in [0.2, 0.25) is 0 Å². The number of amides is 1. The molecule has 6 nitrogen and oxygen atoms in total. The number of nitrogens with zero attached hydrogens (tertiary/aromatic N) is 1. The summed E-state index contributed by atoms with van der Waals surface area (Å²) in [7, 11) is 0. The zero-order valence-electron chi connectivity index (χ0n) is 15.9. The molecule has 0 saturated carbocycles. The molecule has 0 unspecified atom stereocenters. The Morgan fingerprint density at radius 3 is 2.75 bits per heavy atom. The molecule has 0 aromatic heterocycles. The third kappa shape index (κ3) is 3.47. The van der Waals surface area contributed by atoms with Gasteiger partial charge in [-0.05, 0) is 24.6 Å². The number of para-hydroxylation sites is 1. The first kappa shape index (κ1) is 18.5. The zero-order chi connectivity index (χ0) is 19.6. The van der Waals surface area contributed by atoms with Crippen LogP contribution in [-0.2, 0) is 16.1 Å². The Labute approximate surface area is 164 Å². The van der Waals surface area contributed by atoms with E-state index in [2.05, 4.69) is 22.3 Å². The van der Waals surface area contributed by atoms with E-state index in [0.29, 0.717) is 37.6 Å². The molecule has 2 atom stereocenters. The van der Waals surface area contributed by atoms with E-state index < -0.39 is 11.5 Å². The fourth-order valence-electron chi connectivity index (χ4n) is 4.10. The number of hydrogen-bond donors (Lipinski definition) is 1. The summed E-state index contributed by atoms with van der Waals surface area (Å²) >= 11 is 0. The van der Waals surface area contributed by atoms with Crippen LogP contribution in [0.3, 0.4) is 0 Å². The van der Waals surface area contributed by atoms with E-state index in [4.69, 9.17) is 9.47 Å². The quantitative estimate of drug-likeness (QED) is 0.824. The molecule has 0 bridgehead atoms. The Morgan fingerprint density at radius 2 is 1.96 bits per heavy atom. The fraction of sp³-hybridized carbons (Fsp3) is 0.364. The van der Waals surface area contributed by atoms with Crippen molar-refractivity contribution < 1.29 is 19.1 Å². The first-order valence-corrected chi connectivity index (χ1v) is 9.58. The number of ether oxygens (including phenoxy) is 2. The van der Waals surface area contributed by atoms with Gasteiger partial charge in [-0.25, -0.2) is 0 Å². The standard InChI is InChI=1S/C22H24N2O4/c1-2-27-21(26)18-13-24(12-16-8-4-3-5-9-16)14-22(18)15-28-19-11-7-6-10-17(19)20(25)23-22/h3-11,18H,2,12-15H2,1H3,(H,23,25)/t18-,22-/m0/s1. The van der Waals surface area contributed by atoms with Crippen molar-refractivity contribution in [3.05, 3.63) is 65.7 Å². The van der Waals surface area contributed by atoms with Gasteiger partial charge < -0.3 is 14.8 Å². The SMILES string of the molecule is CCOC(=O)[C@@H]1CN(Cc2ccccc2)C[C@]12COc1ccccc1C(=O)N2. The smallest absolute Gasteiger partial charge is 0.312 e. The number of esters is 1. The summed E-state index contributed by atoms with van der Waals surface area (Å²) < 4.78 is 11.3. The van der Waals surface area contributed by atoms with Gasteiger partial charge in [0, 0.05) is 19.6 Å². The van der Waals surface area contributed by atoms with E-state index in [1.165, 1.54) is 0 Å². The molecule has 2 aromatic rings. The van der Waals surface area contributed by atoms with Crippen molar-refractivity contribution in [2.24, 2.45) is 5.92 Å². The Morgan fingerprint density at radius 1 is 1.21 bits per heavy atom. The molecule has 1 amide bonds. The van der Waals surface area contributed by atoms with Crippen molar-refractivity contribution in [3.63, 3.8) is 0 Å². The van der Waals surface area contributed by atoms with Crippen molar-refractivity contribution in [1.82, 2.24) is 10.2 Å². The Balaban J connectivity index is 1.62. The van der Waals surface area contributed by atoms with E-state index in [-0.39, 0.29) is 18.5 Å². The molecule has 2 aromatic carbocycles. The van der Waals surface area contributed by atoms with Crippen LogP contribution in [0.2, 0.25) is 0 Å². The molecule has 28 heavy (non-hydrogen) atoms. The maximum absolute atomic E-state index is 12.9. The summed E-state index contributed by atoms with van der Waals surface area (Å²) in [5.74, 6) is -0.465. The molecular weight excluding hydrogens is 356 g/mol. The summed E-state index contributed by atoms with van der Waals surface area (Å²) in [5.41, 5.74) is 0.826. The third-order valence-electron chi connectivity index (χ3n) is 5.41. The number of carbonyl (C=O) groups excluding carboxylic acids is 2. The lowest BCUT2D eigenvalue weighted by Crippen LogP contribution is -2.59. The number of rotatable bonds is 4. The molecule has 0 radical (unpaired) electrons. The molecule has 2 aliphatic rings. The van der Waals surface area contributed by atoms with Gasteiger partial charge >= 0.3 is 5.97 Å². The van der Waals surface area contributed by atoms with Crippen LogP contribution in [0.1, 0.15) is 22.8 Å². The number of likely N-dealkylation sites (tertiary alicyclic amines) is 1. The lowest BCUT2D eigenvalue weighted by atomic mass is 9.87. The first-order chi connectivity index (χ1) is 13.6. The Bertz CT molecular complexity index is 870. The van der Waals surface area contributed by atoms with Gasteiger partial charge in [-0.3, -0.25) is 14.5 Å². The average Bonchev–Trinajstić information content (AvgIpc) is 2.98. The van der Waals surface area contributed by atoms with Crippen molar-refractivity contribution in [3.8, 4) is 5.75 Å². The van der Waals surface area contributed by atoms with Gasteiger partial charge in [0.05, 0.1) is 18.1 Å². The molecular formula is C22H24N2O4. The second-order valence-electron chi connectivity index (χ2n) is 7.35. The highest BCUT2D eigenvalue weighted by Gasteiger charge is 2.53. The predicted octanol–water partition coefficient (Wildman–Crippen LogP) is 2.24. The van der Waals surface area contributed by atoms with Gasteiger partial charge in [0.15, 0.2) is 0 Å². The van der Waals surface area contributed by atoms with E-state index >= 15 is 0 Å². The predicted molar refractivity (Wildman–Crippen MR) is 104 cm³/mol. The Hall–Kier alpha value is -2.86. The molecule has 1 spiro atoms. The second kappa shape index (κ2) is 7.64. The number of benzene rings is 2. The van der Waals surface area contributed by atoms with Crippen LogP contribution in [0, 0.1) is 5.92 Å². The van der Waals surface area contributed by atoms with Crippen LogP contribution >= 0.6 is 0 Å². The molecule has 4 rings (SSSR count). The molecule has 6 heteroatoms. The van der Waals surface area contributed by atoms with E-state index in [1.54, 1.807) is 25.1 Å². The summed E-state index contributed by atoms with van der Waals surface area (Å²) in [5, 5.41) is 3.11. The van der Waals surface area contributed by atoms with Gasteiger partial charge in [0.1, 0.15) is 17.9 Å². The van der Waals surface area contributed by atoms with Crippen LogP contribution in [0.5, 0.6) is 5.75 Å². The maximum atomic E-state index is 12.9. The van der Waals surface area contributed by atoms with E-state index in [1.807, 2.05) is 24.3 Å². The average molecular weight is 380 g/mol. The summed E-state index contributed by atoms with van der Waals surface area (Å²) in [4.78, 5) is 27.8. The first-order valence-electron chi connectivity index (χ1n) is 9.58. The van der Waals surface area contributed by atoms with Crippen molar-refractivity contribution in [2.45, 2.75) is 19.0 Å². The van der Waals surface area contributed by atoms with Crippen LogP contribution in [0.15, 0.2) is 54.6 Å². The van der Waals surface area contributed by atoms with Crippen molar-refractivity contribution >= 4 is 11.9 Å². The number of fused-ring (bicyclic) bond motifs is 1. The lowest BCUT2D eigenvalue weighted by Gasteiger charge is -2.32. The number of hydrogen-bond acceptors (Lipinski definition) is 5. The highest BCUT2D eigenvalue weighted by Crippen LogP contribution is 2.34. The highest BCUT2D eigenvalue weighted by atomic mass is 16.5. The lowest BCUT2D eigenvalue weighted by molar-refractivity contribution is -0.150. The van der Waals surface area contributed by atoms with Crippen LogP contribution in [0.4, 0.5) is 0 Å². The normalized spacial score (nSPS) is 24.2. The fourth-order valence-corrected chi connectivity index (χ4v) is 4.10. The topological polar surface area (TPSA) is 67.9 Å². The molecule has 2 heterocycles. The summed E-state index contributed by atoms with van der Waals surface area (Å²) in [6.45, 7) is 4.04. The van der Waals surface area contributed by atoms with Gasteiger partial charge in [0.25, 0.3) is 5.91 Å². The maximum Gasteiger partial charge on any atom is 0.312 e. The van der Waals surface area contributed by atoms with Gasteiger partial charge in [-0.1, -0.05) is 42.5 Å². The largest absolute Gasteiger partial charge is 0.490 e. The minimum absolute atomic E-state index is 0.219. The summed E-state index contributed by atoms with van der Waals surface area (Å²) in [6.07, 6.45) is 0. The molecule has 146 valence electrons. The minimum atomic E-state index is -0.822. The number of nitrogens with one attached hydrogen (secondary N) is 1. The van der Waals surface area contributed by atoms with Crippen LogP contribution in [-0.4, -0.2) is 48.6 Å². The zero-order valence-corrected chi connectivity index (χ0v) is 15.9. The van der Waals surface area contributed by atoms with Crippen LogP contribution < -0.4 is 10.1 Å². The van der Waals surface area contributed by atoms with Gasteiger partial charge in [-0.2, -0.15) is 0 Å². The molecule has 1 N–H and O–H groups in total. The Kier molecular flexibility index (Phi) is 5.05. The number of carbonyl (C=O) groups is 2. The van der Waals surface area contributed by atoms with Crippen molar-refractivity contribution in [1.29, 1.82) is 0 Å². The van der Waals surface area contributed by atoms with E-state index in [9.17, 15) is 9.59 Å². The second-order valence-corrected chi connectivity index (χ2v) is 7.35. The molecule has 1 fully saturated rings. The summed E-state index contributed by atoms with van der Waals surface area (Å²) in [6, 6.07) is 17.2. The highest BCUT2D eigenvalue weighted by molar-refractivity contribution is 5.98. The third-order valence-corrected chi connectivity index (χ3v) is 5.41. The molecule has 2 aliphatic heterocycles.